The average molecular weight is 369 g/mol. The van der Waals surface area contributed by atoms with Gasteiger partial charge in [0, 0.05) is 6.54 Å². The van der Waals surface area contributed by atoms with E-state index in [9.17, 15) is 9.59 Å². The lowest BCUT2D eigenvalue weighted by Gasteiger charge is -2.14. The summed E-state index contributed by atoms with van der Waals surface area (Å²) in [7, 11) is 1.59. The van der Waals surface area contributed by atoms with Crippen LogP contribution in [0.4, 0.5) is 0 Å². The molecule has 1 amide bonds. The molecule has 0 radical (unpaired) electrons. The third-order valence-corrected chi connectivity index (χ3v) is 5.20. The second-order valence-corrected chi connectivity index (χ2v) is 7.22. The van der Waals surface area contributed by atoms with Gasteiger partial charge in [-0.2, -0.15) is 0 Å². The molecule has 2 aromatic rings. The first kappa shape index (κ1) is 19.2. The molecule has 0 bridgehead atoms. The fraction of sp³-hybridized carbons (Fsp3) is 0.455. The minimum absolute atomic E-state index is 0.0141. The number of methoxy groups -OCH3 is 1. The molecule has 1 aliphatic rings. The number of aryl methyl sites for hydroxylation is 2. The molecule has 144 valence electrons. The van der Waals surface area contributed by atoms with Crippen molar-refractivity contribution in [3.63, 3.8) is 0 Å². The number of carbonyl (C=O) groups excluding carboxylic acids is 1. The molecule has 1 aromatic carbocycles. The zero-order valence-corrected chi connectivity index (χ0v) is 16.3. The number of allylic oxidation sites excluding steroid dienone is 1. The van der Waals surface area contributed by atoms with E-state index in [1.54, 1.807) is 7.11 Å². The highest BCUT2D eigenvalue weighted by Gasteiger charge is 2.18. The van der Waals surface area contributed by atoms with Gasteiger partial charge >= 0.3 is 5.63 Å². The van der Waals surface area contributed by atoms with E-state index in [-0.39, 0.29) is 12.3 Å². The van der Waals surface area contributed by atoms with Crippen LogP contribution < -0.4 is 15.7 Å². The average Bonchev–Trinajstić information content (AvgIpc) is 2.65. The smallest absolute Gasteiger partial charge is 0.340 e. The standard InChI is InChI=1S/C22H27NO4/c1-14-11-18(26-3)21-15(2)17(22(25)27-19(21)12-14)13-20(24)23-10-9-16-7-5-4-6-8-16/h7,11-12H,4-6,8-10,13H2,1-3H3,(H,23,24). The van der Waals surface area contributed by atoms with Crippen LogP contribution in [-0.4, -0.2) is 19.6 Å². The molecule has 0 saturated carbocycles. The lowest BCUT2D eigenvalue weighted by molar-refractivity contribution is -0.120. The number of rotatable bonds is 6. The van der Waals surface area contributed by atoms with E-state index in [1.807, 2.05) is 26.0 Å². The van der Waals surface area contributed by atoms with Gasteiger partial charge in [0.1, 0.15) is 11.3 Å². The molecule has 0 unspecified atom stereocenters. The van der Waals surface area contributed by atoms with Crippen LogP contribution in [0.3, 0.4) is 0 Å². The van der Waals surface area contributed by atoms with Crippen molar-refractivity contribution in [2.45, 2.75) is 52.4 Å². The summed E-state index contributed by atoms with van der Waals surface area (Å²) in [6.45, 7) is 4.36. The maximum atomic E-state index is 12.4. The Balaban J connectivity index is 1.76. The first-order valence-electron chi connectivity index (χ1n) is 9.55. The van der Waals surface area contributed by atoms with Crippen LogP contribution in [0, 0.1) is 13.8 Å². The van der Waals surface area contributed by atoms with Gasteiger partial charge in [-0.15, -0.1) is 0 Å². The van der Waals surface area contributed by atoms with Crippen molar-refractivity contribution in [3.05, 3.63) is 50.9 Å². The fourth-order valence-corrected chi connectivity index (χ4v) is 3.72. The highest BCUT2D eigenvalue weighted by atomic mass is 16.5. The zero-order valence-electron chi connectivity index (χ0n) is 16.3. The Kier molecular flexibility index (Phi) is 5.99. The van der Waals surface area contributed by atoms with Crippen LogP contribution in [0.1, 0.15) is 48.8 Å². The molecule has 0 saturated heterocycles. The van der Waals surface area contributed by atoms with Crippen molar-refractivity contribution >= 4 is 16.9 Å². The summed E-state index contributed by atoms with van der Waals surface area (Å²) in [5.74, 6) is 0.490. The maximum Gasteiger partial charge on any atom is 0.340 e. The number of hydrogen-bond donors (Lipinski definition) is 1. The van der Waals surface area contributed by atoms with Crippen molar-refractivity contribution in [3.8, 4) is 5.75 Å². The van der Waals surface area contributed by atoms with Crippen molar-refractivity contribution in [2.24, 2.45) is 0 Å². The van der Waals surface area contributed by atoms with Gasteiger partial charge in [-0.3, -0.25) is 4.79 Å². The highest BCUT2D eigenvalue weighted by Crippen LogP contribution is 2.30. The number of benzene rings is 1. The van der Waals surface area contributed by atoms with E-state index in [1.165, 1.54) is 18.4 Å². The van der Waals surface area contributed by atoms with Crippen molar-refractivity contribution in [1.29, 1.82) is 0 Å². The summed E-state index contributed by atoms with van der Waals surface area (Å²) in [6.07, 6.45) is 7.94. The molecule has 1 N–H and O–H groups in total. The van der Waals surface area contributed by atoms with Gasteiger partial charge in [0.2, 0.25) is 5.91 Å². The normalized spacial score (nSPS) is 14.1. The summed E-state index contributed by atoms with van der Waals surface area (Å²) < 4.78 is 10.9. The Hall–Kier alpha value is -2.56. The van der Waals surface area contributed by atoms with Crippen LogP contribution in [0.25, 0.3) is 11.0 Å². The predicted molar refractivity (Wildman–Crippen MR) is 106 cm³/mol. The van der Waals surface area contributed by atoms with Crippen LogP contribution in [0.15, 0.2) is 33.0 Å². The molecule has 5 nitrogen and oxygen atoms in total. The second-order valence-electron chi connectivity index (χ2n) is 7.22. The molecule has 3 rings (SSSR count). The number of carbonyl (C=O) groups is 1. The van der Waals surface area contributed by atoms with Gasteiger partial charge in [0.25, 0.3) is 0 Å². The van der Waals surface area contributed by atoms with Crippen LogP contribution in [-0.2, 0) is 11.2 Å². The quantitative estimate of drug-likeness (QED) is 0.618. The van der Waals surface area contributed by atoms with Gasteiger partial charge in [0.05, 0.1) is 24.5 Å². The predicted octanol–water partition coefficient (Wildman–Crippen LogP) is 3.97. The highest BCUT2D eigenvalue weighted by molar-refractivity contribution is 5.89. The summed E-state index contributed by atoms with van der Waals surface area (Å²) in [4.78, 5) is 24.8. The molecule has 1 aromatic heterocycles. The number of amides is 1. The minimum Gasteiger partial charge on any atom is -0.496 e. The van der Waals surface area contributed by atoms with Crippen molar-refractivity contribution in [2.75, 3.05) is 13.7 Å². The SMILES string of the molecule is COc1cc(C)cc2oc(=O)c(CC(=O)NCCC3=CCCCC3)c(C)c12. The molecular formula is C22H27NO4. The van der Waals surface area contributed by atoms with Gasteiger partial charge in [0.15, 0.2) is 0 Å². The molecule has 0 fully saturated rings. The van der Waals surface area contributed by atoms with Crippen LogP contribution in [0.5, 0.6) is 5.75 Å². The molecular weight excluding hydrogens is 342 g/mol. The third-order valence-electron chi connectivity index (χ3n) is 5.20. The molecule has 5 heteroatoms. The van der Waals surface area contributed by atoms with Gasteiger partial charge in [-0.1, -0.05) is 11.6 Å². The molecule has 0 atom stereocenters. The molecule has 0 spiro atoms. The van der Waals surface area contributed by atoms with Gasteiger partial charge in [-0.05, 0) is 69.2 Å². The lowest BCUT2D eigenvalue weighted by Crippen LogP contribution is -2.29. The lowest BCUT2D eigenvalue weighted by atomic mass is 9.97. The van der Waals surface area contributed by atoms with E-state index in [4.69, 9.17) is 9.15 Å². The summed E-state index contributed by atoms with van der Waals surface area (Å²) >= 11 is 0. The third kappa shape index (κ3) is 4.41. The van der Waals surface area contributed by atoms with E-state index in [0.717, 1.165) is 35.8 Å². The summed E-state index contributed by atoms with van der Waals surface area (Å²) in [6, 6.07) is 3.71. The first-order chi connectivity index (χ1) is 13.0. The minimum atomic E-state index is -0.460. The zero-order chi connectivity index (χ0) is 19.4. The number of ether oxygens (including phenoxy) is 1. The Bertz CT molecular complexity index is 939. The van der Waals surface area contributed by atoms with E-state index < -0.39 is 5.63 Å². The monoisotopic (exact) mass is 369 g/mol. The largest absolute Gasteiger partial charge is 0.496 e. The number of nitrogens with one attached hydrogen (secondary N) is 1. The van der Waals surface area contributed by atoms with Crippen molar-refractivity contribution < 1.29 is 13.9 Å². The summed E-state index contributed by atoms with van der Waals surface area (Å²) in [5.41, 5.74) is 3.52. The van der Waals surface area contributed by atoms with E-state index >= 15 is 0 Å². The number of hydrogen-bond acceptors (Lipinski definition) is 4. The second kappa shape index (κ2) is 8.42. The first-order valence-corrected chi connectivity index (χ1v) is 9.55. The molecule has 1 heterocycles. The number of fused-ring (bicyclic) bond motifs is 1. The van der Waals surface area contributed by atoms with Gasteiger partial charge < -0.3 is 14.5 Å². The van der Waals surface area contributed by atoms with Crippen LogP contribution >= 0.6 is 0 Å². The van der Waals surface area contributed by atoms with E-state index in [0.29, 0.717) is 23.4 Å². The summed E-state index contributed by atoms with van der Waals surface area (Å²) in [5, 5.41) is 3.68. The van der Waals surface area contributed by atoms with Crippen LogP contribution in [0.2, 0.25) is 0 Å². The maximum absolute atomic E-state index is 12.4. The topological polar surface area (TPSA) is 68.5 Å². The Labute approximate surface area is 159 Å². The Morgan fingerprint density at radius 1 is 1.26 bits per heavy atom. The van der Waals surface area contributed by atoms with Gasteiger partial charge in [-0.25, -0.2) is 4.79 Å². The molecule has 27 heavy (non-hydrogen) atoms. The fourth-order valence-electron chi connectivity index (χ4n) is 3.72. The van der Waals surface area contributed by atoms with Crippen molar-refractivity contribution in [1.82, 2.24) is 5.32 Å². The van der Waals surface area contributed by atoms with E-state index in [2.05, 4.69) is 11.4 Å². The Morgan fingerprint density at radius 3 is 2.78 bits per heavy atom. The Morgan fingerprint density at radius 2 is 2.07 bits per heavy atom. The molecule has 0 aliphatic heterocycles. The molecule has 1 aliphatic carbocycles.